The maximum atomic E-state index is 12.3. The number of nitrogens with zero attached hydrogens (tertiary/aromatic N) is 5. The second kappa shape index (κ2) is 8.10. The molecule has 1 atom stereocenters. The van der Waals surface area contributed by atoms with Crippen molar-refractivity contribution in [3.05, 3.63) is 34.6 Å². The molecule has 0 unspecified atom stereocenters. The summed E-state index contributed by atoms with van der Waals surface area (Å²) in [6.45, 7) is 6.41. The highest BCUT2D eigenvalue weighted by Crippen LogP contribution is 2.36. The van der Waals surface area contributed by atoms with Gasteiger partial charge >= 0.3 is 0 Å². The molecule has 0 radical (unpaired) electrons. The fraction of sp³-hybridized carbons (Fsp3) is 0.619. The lowest BCUT2D eigenvalue weighted by Crippen LogP contribution is -2.33. The minimum absolute atomic E-state index is 0.170. The van der Waals surface area contributed by atoms with Crippen LogP contribution in [-0.4, -0.2) is 59.2 Å². The first kappa shape index (κ1) is 19.8. The van der Waals surface area contributed by atoms with E-state index in [1.165, 1.54) is 24.2 Å². The zero-order chi connectivity index (χ0) is 20.5. The van der Waals surface area contributed by atoms with E-state index in [1.54, 1.807) is 14.1 Å². The number of nitrogens with one attached hydrogen (secondary N) is 1. The lowest BCUT2D eigenvalue weighted by atomic mass is 9.83. The molecule has 1 N–H and O–H groups in total. The van der Waals surface area contributed by atoms with Crippen LogP contribution in [0.4, 0.5) is 5.82 Å². The van der Waals surface area contributed by atoms with Gasteiger partial charge in [-0.05, 0) is 33.1 Å². The lowest BCUT2D eigenvalue weighted by Gasteiger charge is -2.22. The largest absolute Gasteiger partial charge is 0.361 e. The summed E-state index contributed by atoms with van der Waals surface area (Å²) in [5, 5.41) is 7.81. The van der Waals surface area contributed by atoms with E-state index in [-0.39, 0.29) is 11.7 Å². The molecular weight excluding hydrogens is 368 g/mol. The van der Waals surface area contributed by atoms with Crippen LogP contribution in [0, 0.1) is 13.8 Å². The van der Waals surface area contributed by atoms with Crippen molar-refractivity contribution in [3.8, 4) is 0 Å². The van der Waals surface area contributed by atoms with Gasteiger partial charge in [0.1, 0.15) is 11.6 Å². The van der Waals surface area contributed by atoms with Gasteiger partial charge in [-0.3, -0.25) is 4.79 Å². The summed E-state index contributed by atoms with van der Waals surface area (Å²) in [5.74, 6) is 2.56. The molecule has 3 heterocycles. The van der Waals surface area contributed by atoms with E-state index in [4.69, 9.17) is 4.52 Å². The molecule has 2 fully saturated rings. The van der Waals surface area contributed by atoms with E-state index < -0.39 is 0 Å². The lowest BCUT2D eigenvalue weighted by molar-refractivity contribution is 0.0815. The van der Waals surface area contributed by atoms with E-state index in [9.17, 15) is 4.79 Å². The minimum atomic E-state index is -0.170. The molecule has 1 saturated carbocycles. The Morgan fingerprint density at radius 2 is 2.07 bits per heavy atom. The molecule has 156 valence electrons. The predicted molar refractivity (Wildman–Crippen MR) is 110 cm³/mol. The fourth-order valence-corrected chi connectivity index (χ4v) is 3.88. The quantitative estimate of drug-likeness (QED) is 0.799. The van der Waals surface area contributed by atoms with E-state index >= 15 is 0 Å². The molecule has 2 aromatic rings. The summed E-state index contributed by atoms with van der Waals surface area (Å²) in [7, 11) is 3.44. The van der Waals surface area contributed by atoms with Crippen LogP contribution >= 0.6 is 0 Å². The van der Waals surface area contributed by atoms with Crippen molar-refractivity contribution in [2.45, 2.75) is 58.0 Å². The Kier molecular flexibility index (Phi) is 5.54. The first-order valence-corrected chi connectivity index (χ1v) is 10.4. The zero-order valence-electron chi connectivity index (χ0n) is 17.7. The number of anilines is 1. The Hall–Kier alpha value is -2.48. The van der Waals surface area contributed by atoms with Crippen LogP contribution in [0.15, 0.2) is 10.6 Å². The van der Waals surface area contributed by atoms with Crippen LogP contribution < -0.4 is 10.2 Å². The van der Waals surface area contributed by atoms with Crippen molar-refractivity contribution in [1.29, 1.82) is 0 Å². The van der Waals surface area contributed by atoms with Crippen molar-refractivity contribution in [3.63, 3.8) is 0 Å². The third-order valence-corrected chi connectivity index (χ3v) is 6.11. The number of carbonyl (C=O) groups excluding carboxylic acids is 1. The van der Waals surface area contributed by atoms with Gasteiger partial charge in [0.05, 0.1) is 5.69 Å². The average molecular weight is 399 g/mol. The Labute approximate surface area is 171 Å². The number of hydrogen-bond donors (Lipinski definition) is 1. The molecule has 0 spiro atoms. The predicted octanol–water partition coefficient (Wildman–Crippen LogP) is 2.42. The third-order valence-electron chi connectivity index (χ3n) is 6.11. The average Bonchev–Trinajstić information content (AvgIpc) is 3.29. The van der Waals surface area contributed by atoms with Gasteiger partial charge < -0.3 is 19.6 Å². The van der Waals surface area contributed by atoms with Crippen LogP contribution in [-0.2, 0) is 6.54 Å². The smallest absolute Gasteiger partial charge is 0.291 e. The molecule has 0 aromatic carbocycles. The summed E-state index contributed by atoms with van der Waals surface area (Å²) < 4.78 is 5.50. The van der Waals surface area contributed by atoms with Crippen LogP contribution in [0.3, 0.4) is 0 Å². The number of amides is 1. The van der Waals surface area contributed by atoms with Gasteiger partial charge in [-0.2, -0.15) is 0 Å². The SMILES string of the molecule is Cc1nc(C(=O)N(C)C)nc(N2CC[C@@H](NCc3cc(C4CCC4)on3)C2)c1C. The summed E-state index contributed by atoms with van der Waals surface area (Å²) >= 11 is 0. The monoisotopic (exact) mass is 398 g/mol. The number of carbonyl (C=O) groups is 1. The number of aryl methyl sites for hydroxylation is 1. The molecule has 8 nitrogen and oxygen atoms in total. The standard InChI is InChI=1S/C21H30N6O2/c1-13-14(2)23-19(21(28)26(3)4)24-20(13)27-9-8-16(12-27)22-11-17-10-18(29-25-17)15-6-5-7-15/h10,15-16,22H,5-9,11-12H2,1-4H3/t16-/m1/s1. The molecule has 1 aliphatic carbocycles. The van der Waals surface area contributed by atoms with Crippen LogP contribution in [0.2, 0.25) is 0 Å². The minimum Gasteiger partial charge on any atom is -0.361 e. The Balaban J connectivity index is 1.39. The zero-order valence-corrected chi connectivity index (χ0v) is 17.7. The molecule has 0 bridgehead atoms. The molecule has 1 saturated heterocycles. The van der Waals surface area contributed by atoms with Gasteiger partial charge in [0.2, 0.25) is 5.82 Å². The summed E-state index contributed by atoms with van der Waals surface area (Å²) in [5.41, 5.74) is 2.85. The summed E-state index contributed by atoms with van der Waals surface area (Å²) in [4.78, 5) is 25.1. The van der Waals surface area contributed by atoms with Gasteiger partial charge in [-0.15, -0.1) is 0 Å². The maximum absolute atomic E-state index is 12.3. The van der Waals surface area contributed by atoms with Crippen LogP contribution in [0.1, 0.15) is 64.9 Å². The van der Waals surface area contributed by atoms with E-state index in [2.05, 4.69) is 31.4 Å². The topological polar surface area (TPSA) is 87.4 Å². The molecule has 29 heavy (non-hydrogen) atoms. The highest BCUT2D eigenvalue weighted by atomic mass is 16.5. The van der Waals surface area contributed by atoms with Crippen molar-refractivity contribution in [2.75, 3.05) is 32.1 Å². The molecule has 2 aliphatic rings. The van der Waals surface area contributed by atoms with Gasteiger partial charge in [-0.25, -0.2) is 9.97 Å². The Morgan fingerprint density at radius 1 is 1.28 bits per heavy atom. The summed E-state index contributed by atoms with van der Waals surface area (Å²) in [6, 6.07) is 2.45. The number of hydrogen-bond acceptors (Lipinski definition) is 7. The fourth-order valence-electron chi connectivity index (χ4n) is 3.88. The van der Waals surface area contributed by atoms with Gasteiger partial charge in [0.15, 0.2) is 0 Å². The van der Waals surface area contributed by atoms with E-state index in [0.29, 0.717) is 18.5 Å². The number of rotatable bonds is 6. The van der Waals surface area contributed by atoms with Gasteiger partial charge in [0, 0.05) is 63.0 Å². The highest BCUT2D eigenvalue weighted by molar-refractivity contribution is 5.90. The van der Waals surface area contributed by atoms with Crippen LogP contribution in [0.5, 0.6) is 0 Å². The van der Waals surface area contributed by atoms with E-state index in [0.717, 1.165) is 48.0 Å². The molecular formula is C21H30N6O2. The van der Waals surface area contributed by atoms with E-state index in [1.807, 2.05) is 13.8 Å². The van der Waals surface area contributed by atoms with Gasteiger partial charge in [-0.1, -0.05) is 11.6 Å². The maximum Gasteiger partial charge on any atom is 0.291 e. The van der Waals surface area contributed by atoms with Crippen molar-refractivity contribution in [2.24, 2.45) is 0 Å². The normalized spacial score (nSPS) is 19.4. The Bertz CT molecular complexity index is 889. The molecule has 1 amide bonds. The molecule has 1 aliphatic heterocycles. The molecule has 8 heteroatoms. The number of aromatic nitrogens is 3. The molecule has 2 aromatic heterocycles. The third kappa shape index (κ3) is 4.12. The summed E-state index contributed by atoms with van der Waals surface area (Å²) in [6.07, 6.45) is 4.75. The first-order valence-electron chi connectivity index (χ1n) is 10.4. The van der Waals surface area contributed by atoms with Crippen molar-refractivity contribution >= 4 is 11.7 Å². The van der Waals surface area contributed by atoms with Gasteiger partial charge in [0.25, 0.3) is 5.91 Å². The van der Waals surface area contributed by atoms with Crippen LogP contribution in [0.25, 0.3) is 0 Å². The highest BCUT2D eigenvalue weighted by Gasteiger charge is 2.27. The molecule has 4 rings (SSSR count). The first-order chi connectivity index (χ1) is 13.9. The van der Waals surface area contributed by atoms with Crippen molar-refractivity contribution in [1.82, 2.24) is 25.3 Å². The second-order valence-corrected chi connectivity index (χ2v) is 8.44. The van der Waals surface area contributed by atoms with Crippen molar-refractivity contribution < 1.29 is 9.32 Å². The Morgan fingerprint density at radius 3 is 2.76 bits per heavy atom. The second-order valence-electron chi connectivity index (χ2n) is 8.44.